The third-order valence-electron chi connectivity index (χ3n) is 5.51. The molecule has 0 saturated carbocycles. The smallest absolute Gasteiger partial charge is 0.229 e. The van der Waals surface area contributed by atoms with Crippen LogP contribution in [0, 0.1) is 5.92 Å². The number of nitrogens with zero attached hydrogens (tertiary/aromatic N) is 2. The third-order valence-corrected chi connectivity index (χ3v) is 5.51. The number of ether oxygens (including phenoxy) is 1. The molecule has 1 atom stereocenters. The SMILES string of the molecule is COc1ccccc1N1CCN(C(=O)[C@@H](C)c2ccc(CC(C)C)cc2)CC1. The second-order valence-electron chi connectivity index (χ2n) is 8.05. The number of piperazine rings is 1. The molecule has 2 aromatic rings. The predicted molar refractivity (Wildman–Crippen MR) is 115 cm³/mol. The molecule has 0 bridgehead atoms. The minimum Gasteiger partial charge on any atom is -0.495 e. The van der Waals surface area contributed by atoms with Gasteiger partial charge >= 0.3 is 0 Å². The minimum atomic E-state index is -0.106. The summed E-state index contributed by atoms with van der Waals surface area (Å²) >= 11 is 0. The summed E-state index contributed by atoms with van der Waals surface area (Å²) in [6.45, 7) is 9.61. The van der Waals surface area contributed by atoms with Crippen molar-refractivity contribution < 1.29 is 9.53 Å². The Morgan fingerprint density at radius 3 is 2.21 bits per heavy atom. The molecule has 150 valence electrons. The number of amides is 1. The fourth-order valence-corrected chi connectivity index (χ4v) is 3.89. The van der Waals surface area contributed by atoms with Crippen LogP contribution < -0.4 is 9.64 Å². The Labute approximate surface area is 169 Å². The lowest BCUT2D eigenvalue weighted by Crippen LogP contribution is -2.49. The summed E-state index contributed by atoms with van der Waals surface area (Å²) in [7, 11) is 1.70. The van der Waals surface area contributed by atoms with Crippen molar-refractivity contribution in [2.75, 3.05) is 38.2 Å². The molecule has 3 rings (SSSR count). The molecule has 4 nitrogen and oxygen atoms in total. The number of benzene rings is 2. The normalized spacial score (nSPS) is 15.6. The van der Waals surface area contributed by atoms with E-state index in [9.17, 15) is 4.79 Å². The van der Waals surface area contributed by atoms with Crippen LogP contribution in [0.4, 0.5) is 5.69 Å². The van der Waals surface area contributed by atoms with E-state index in [4.69, 9.17) is 4.74 Å². The Kier molecular flexibility index (Phi) is 6.61. The number of rotatable bonds is 6. The van der Waals surface area contributed by atoms with Gasteiger partial charge in [0.25, 0.3) is 0 Å². The van der Waals surface area contributed by atoms with Gasteiger partial charge in [0, 0.05) is 26.2 Å². The molecule has 0 radical (unpaired) electrons. The standard InChI is InChI=1S/C24H32N2O2/c1-18(2)17-20-9-11-21(12-10-20)19(3)24(27)26-15-13-25(14-16-26)22-7-5-6-8-23(22)28-4/h5-12,18-19H,13-17H2,1-4H3/t19-/m0/s1. The van der Waals surface area contributed by atoms with Crippen molar-refractivity contribution in [2.45, 2.75) is 33.1 Å². The second kappa shape index (κ2) is 9.13. The van der Waals surface area contributed by atoms with E-state index >= 15 is 0 Å². The molecule has 0 N–H and O–H groups in total. The van der Waals surface area contributed by atoms with Crippen molar-refractivity contribution in [1.29, 1.82) is 0 Å². The van der Waals surface area contributed by atoms with Crippen LogP contribution in [0.5, 0.6) is 5.75 Å². The van der Waals surface area contributed by atoms with Crippen molar-refractivity contribution in [1.82, 2.24) is 4.90 Å². The first-order valence-corrected chi connectivity index (χ1v) is 10.2. The quantitative estimate of drug-likeness (QED) is 0.747. The lowest BCUT2D eigenvalue weighted by Gasteiger charge is -2.37. The molecule has 28 heavy (non-hydrogen) atoms. The Morgan fingerprint density at radius 1 is 0.964 bits per heavy atom. The lowest BCUT2D eigenvalue weighted by atomic mass is 9.95. The predicted octanol–water partition coefficient (Wildman–Crippen LogP) is 4.35. The van der Waals surface area contributed by atoms with Gasteiger partial charge in [0.05, 0.1) is 18.7 Å². The number of carbonyl (C=O) groups excluding carboxylic acids is 1. The first-order chi connectivity index (χ1) is 13.5. The van der Waals surface area contributed by atoms with Crippen LogP contribution in [-0.4, -0.2) is 44.1 Å². The van der Waals surface area contributed by atoms with E-state index in [1.54, 1.807) is 7.11 Å². The molecule has 1 heterocycles. The summed E-state index contributed by atoms with van der Waals surface area (Å²) in [6.07, 6.45) is 1.08. The van der Waals surface area contributed by atoms with E-state index in [1.807, 2.05) is 30.0 Å². The van der Waals surface area contributed by atoms with E-state index in [0.29, 0.717) is 5.92 Å². The largest absolute Gasteiger partial charge is 0.495 e. The molecule has 0 aliphatic carbocycles. The van der Waals surface area contributed by atoms with Gasteiger partial charge < -0.3 is 14.5 Å². The van der Waals surface area contributed by atoms with Crippen LogP contribution in [0.1, 0.15) is 37.8 Å². The fourth-order valence-electron chi connectivity index (χ4n) is 3.89. The number of anilines is 1. The molecule has 1 amide bonds. The average molecular weight is 381 g/mol. The zero-order valence-corrected chi connectivity index (χ0v) is 17.5. The highest BCUT2D eigenvalue weighted by atomic mass is 16.5. The minimum absolute atomic E-state index is 0.106. The number of para-hydroxylation sites is 2. The zero-order chi connectivity index (χ0) is 20.1. The van der Waals surface area contributed by atoms with E-state index in [-0.39, 0.29) is 11.8 Å². The lowest BCUT2D eigenvalue weighted by molar-refractivity contribution is -0.132. The summed E-state index contributed by atoms with van der Waals surface area (Å²) in [5.41, 5.74) is 3.54. The molecule has 1 aliphatic rings. The van der Waals surface area contributed by atoms with Gasteiger partial charge in [-0.25, -0.2) is 0 Å². The van der Waals surface area contributed by atoms with Crippen LogP contribution in [0.2, 0.25) is 0 Å². The highest BCUT2D eigenvalue weighted by Crippen LogP contribution is 2.29. The Bertz CT molecular complexity index is 777. The van der Waals surface area contributed by atoms with Gasteiger partial charge in [-0.15, -0.1) is 0 Å². The summed E-state index contributed by atoms with van der Waals surface area (Å²) < 4.78 is 5.48. The number of carbonyl (C=O) groups is 1. The van der Waals surface area contributed by atoms with Gasteiger partial charge in [-0.3, -0.25) is 4.79 Å². The number of hydrogen-bond donors (Lipinski definition) is 0. The van der Waals surface area contributed by atoms with Crippen LogP contribution in [-0.2, 0) is 11.2 Å². The van der Waals surface area contributed by atoms with Crippen molar-refractivity contribution in [3.8, 4) is 5.75 Å². The van der Waals surface area contributed by atoms with E-state index in [1.165, 1.54) is 5.56 Å². The van der Waals surface area contributed by atoms with Crippen molar-refractivity contribution in [3.63, 3.8) is 0 Å². The average Bonchev–Trinajstić information content (AvgIpc) is 2.73. The van der Waals surface area contributed by atoms with Gasteiger partial charge in [0.2, 0.25) is 5.91 Å². The van der Waals surface area contributed by atoms with Crippen molar-refractivity contribution >= 4 is 11.6 Å². The van der Waals surface area contributed by atoms with Gasteiger partial charge in [-0.1, -0.05) is 50.2 Å². The molecule has 1 aliphatic heterocycles. The summed E-state index contributed by atoms with van der Waals surface area (Å²) in [6, 6.07) is 16.6. The van der Waals surface area contributed by atoms with Gasteiger partial charge in [-0.2, -0.15) is 0 Å². The van der Waals surface area contributed by atoms with E-state index < -0.39 is 0 Å². The molecule has 1 saturated heterocycles. The maximum Gasteiger partial charge on any atom is 0.229 e. The fraction of sp³-hybridized carbons (Fsp3) is 0.458. The highest BCUT2D eigenvalue weighted by Gasteiger charge is 2.26. The maximum absolute atomic E-state index is 13.0. The van der Waals surface area contributed by atoms with Crippen LogP contribution >= 0.6 is 0 Å². The molecule has 2 aromatic carbocycles. The monoisotopic (exact) mass is 380 g/mol. The topological polar surface area (TPSA) is 32.8 Å². The van der Waals surface area contributed by atoms with Crippen LogP contribution in [0.3, 0.4) is 0 Å². The molecule has 1 fully saturated rings. The van der Waals surface area contributed by atoms with Crippen molar-refractivity contribution in [2.24, 2.45) is 5.92 Å². The van der Waals surface area contributed by atoms with Crippen molar-refractivity contribution in [3.05, 3.63) is 59.7 Å². The van der Waals surface area contributed by atoms with E-state index in [0.717, 1.165) is 49.6 Å². The van der Waals surface area contributed by atoms with E-state index in [2.05, 4.69) is 49.1 Å². The highest BCUT2D eigenvalue weighted by molar-refractivity contribution is 5.83. The van der Waals surface area contributed by atoms with Crippen LogP contribution in [0.15, 0.2) is 48.5 Å². The third kappa shape index (κ3) is 4.67. The molecule has 0 aromatic heterocycles. The first kappa shape index (κ1) is 20.2. The Morgan fingerprint density at radius 2 is 1.61 bits per heavy atom. The number of hydrogen-bond acceptors (Lipinski definition) is 3. The summed E-state index contributed by atoms with van der Waals surface area (Å²) in [5.74, 6) is 1.64. The molecule has 4 heteroatoms. The molecule has 0 spiro atoms. The van der Waals surface area contributed by atoms with Gasteiger partial charge in [-0.05, 0) is 42.5 Å². The van der Waals surface area contributed by atoms with Crippen LogP contribution in [0.25, 0.3) is 0 Å². The number of methoxy groups -OCH3 is 1. The zero-order valence-electron chi connectivity index (χ0n) is 17.5. The second-order valence-corrected chi connectivity index (χ2v) is 8.05. The van der Waals surface area contributed by atoms with Gasteiger partial charge in [0.15, 0.2) is 0 Å². The molecular formula is C24H32N2O2. The molecule has 0 unspecified atom stereocenters. The first-order valence-electron chi connectivity index (χ1n) is 10.2. The summed E-state index contributed by atoms with van der Waals surface area (Å²) in [5, 5.41) is 0. The molecular weight excluding hydrogens is 348 g/mol. The summed E-state index contributed by atoms with van der Waals surface area (Å²) in [4.78, 5) is 17.3. The Hall–Kier alpha value is -2.49. The Balaban J connectivity index is 1.60. The maximum atomic E-state index is 13.0. The van der Waals surface area contributed by atoms with Gasteiger partial charge in [0.1, 0.15) is 5.75 Å².